The van der Waals surface area contributed by atoms with Crippen molar-refractivity contribution in [1.29, 1.82) is 0 Å². The van der Waals surface area contributed by atoms with Gasteiger partial charge in [0.05, 0.1) is 6.10 Å². The number of hydrogen-bond acceptors (Lipinski definition) is 5. The van der Waals surface area contributed by atoms with Gasteiger partial charge in [-0.3, -0.25) is 0 Å². The van der Waals surface area contributed by atoms with Crippen molar-refractivity contribution in [3.8, 4) is 0 Å². The zero-order valence-electron chi connectivity index (χ0n) is 14.9. The molecule has 0 aromatic carbocycles. The maximum Gasteiger partial charge on any atom is 0.294 e. The minimum Gasteiger partial charge on any atom is -0.391 e. The van der Waals surface area contributed by atoms with E-state index in [1.54, 1.807) is 0 Å². The molecule has 0 spiro atoms. The minimum absolute atomic E-state index is 0.377. The lowest BCUT2D eigenvalue weighted by Crippen LogP contribution is -2.54. The molecule has 0 aliphatic rings. The third-order valence-electron chi connectivity index (χ3n) is 4.47. The summed E-state index contributed by atoms with van der Waals surface area (Å²) in [4.78, 5) is 0. The second kappa shape index (κ2) is 14.2. The number of aliphatic hydroxyl groups is 4. The van der Waals surface area contributed by atoms with Gasteiger partial charge in [-0.15, -0.1) is 0 Å². The molecule has 5 nitrogen and oxygen atoms in total. The highest BCUT2D eigenvalue weighted by atomic mass is 16.7. The van der Waals surface area contributed by atoms with Crippen LogP contribution in [0.5, 0.6) is 0 Å². The number of hydrogen-bond donors (Lipinski definition) is 5. The summed E-state index contributed by atoms with van der Waals surface area (Å²) in [5.74, 6) is -3.00. The topological polar surface area (TPSA) is 107 Å². The summed E-state index contributed by atoms with van der Waals surface area (Å²) in [6.07, 6.45) is 15.5. The molecule has 140 valence electrons. The molecule has 2 atom stereocenters. The van der Waals surface area contributed by atoms with Gasteiger partial charge >= 0.3 is 0 Å². The molecular weight excluding hydrogens is 294 g/mol. The van der Waals surface area contributed by atoms with Crippen molar-refractivity contribution in [2.24, 2.45) is 5.73 Å². The molecule has 6 N–H and O–H groups in total. The normalized spacial score (nSPS) is 14.9. The van der Waals surface area contributed by atoms with Crippen LogP contribution in [-0.4, -0.2) is 38.5 Å². The van der Waals surface area contributed by atoms with E-state index in [2.05, 4.69) is 6.92 Å². The summed E-state index contributed by atoms with van der Waals surface area (Å²) >= 11 is 0. The Balaban J connectivity index is 3.28. The van der Waals surface area contributed by atoms with Gasteiger partial charge in [0, 0.05) is 0 Å². The molecule has 23 heavy (non-hydrogen) atoms. The fourth-order valence-corrected chi connectivity index (χ4v) is 2.81. The Hall–Kier alpha value is -0.200. The van der Waals surface area contributed by atoms with Crippen molar-refractivity contribution in [2.75, 3.05) is 0 Å². The molecule has 0 unspecified atom stereocenters. The first-order valence-corrected chi connectivity index (χ1v) is 9.50. The summed E-state index contributed by atoms with van der Waals surface area (Å²) in [7, 11) is 0. The Morgan fingerprint density at radius 2 is 1.04 bits per heavy atom. The third-order valence-corrected chi connectivity index (χ3v) is 4.47. The summed E-state index contributed by atoms with van der Waals surface area (Å²) < 4.78 is 0. The summed E-state index contributed by atoms with van der Waals surface area (Å²) in [6.45, 7) is 2.24. The number of aliphatic hydroxyl groups excluding tert-OH is 1. The minimum atomic E-state index is -3.00. The van der Waals surface area contributed by atoms with Crippen LogP contribution in [-0.2, 0) is 0 Å². The third kappa shape index (κ3) is 13.9. The van der Waals surface area contributed by atoms with E-state index in [1.807, 2.05) is 0 Å². The number of nitrogens with two attached hydrogens (primary N) is 1. The SMILES string of the molecule is CCCCCCCCCCCCCCC[C@@H](O)[C@H](N)C(O)(O)O. The Labute approximate surface area is 141 Å². The number of rotatable bonds is 16. The van der Waals surface area contributed by atoms with E-state index in [1.165, 1.54) is 64.2 Å². The van der Waals surface area contributed by atoms with Gasteiger partial charge in [0.15, 0.2) is 0 Å². The first-order chi connectivity index (χ1) is 10.9. The second-order valence-corrected chi connectivity index (χ2v) is 6.81. The average Bonchev–Trinajstić information content (AvgIpc) is 2.50. The predicted octanol–water partition coefficient (Wildman–Crippen LogP) is 2.79. The molecule has 0 amide bonds. The van der Waals surface area contributed by atoms with Gasteiger partial charge in [-0.05, 0) is 6.42 Å². The van der Waals surface area contributed by atoms with Gasteiger partial charge in [-0.25, -0.2) is 0 Å². The van der Waals surface area contributed by atoms with E-state index < -0.39 is 18.1 Å². The van der Waals surface area contributed by atoms with Gasteiger partial charge in [-0.1, -0.05) is 90.4 Å². The molecule has 0 aliphatic heterocycles. The van der Waals surface area contributed by atoms with E-state index in [0.717, 1.165) is 19.3 Å². The molecule has 0 rings (SSSR count). The Bertz CT molecular complexity index is 256. The Morgan fingerprint density at radius 3 is 1.39 bits per heavy atom. The molecule has 0 aromatic heterocycles. The first kappa shape index (κ1) is 22.8. The largest absolute Gasteiger partial charge is 0.391 e. The summed E-state index contributed by atoms with van der Waals surface area (Å²) in [5, 5.41) is 36.3. The zero-order chi connectivity index (χ0) is 17.6. The smallest absolute Gasteiger partial charge is 0.294 e. The van der Waals surface area contributed by atoms with Crippen molar-refractivity contribution in [3.63, 3.8) is 0 Å². The van der Waals surface area contributed by atoms with E-state index in [9.17, 15) is 5.11 Å². The molecular formula is C18H39NO4. The molecule has 0 heterocycles. The Morgan fingerprint density at radius 1 is 0.696 bits per heavy atom. The van der Waals surface area contributed by atoms with Crippen molar-refractivity contribution in [2.45, 2.75) is 115 Å². The van der Waals surface area contributed by atoms with E-state index in [0.29, 0.717) is 6.42 Å². The van der Waals surface area contributed by atoms with Crippen LogP contribution < -0.4 is 5.73 Å². The molecule has 0 bridgehead atoms. The van der Waals surface area contributed by atoms with Gasteiger partial charge in [0.25, 0.3) is 5.97 Å². The van der Waals surface area contributed by atoms with Gasteiger partial charge in [0.2, 0.25) is 0 Å². The quantitative estimate of drug-likeness (QED) is 0.220. The molecule has 0 fully saturated rings. The van der Waals surface area contributed by atoms with Crippen molar-refractivity contribution in [3.05, 3.63) is 0 Å². The lowest BCUT2D eigenvalue weighted by Gasteiger charge is -2.26. The van der Waals surface area contributed by atoms with Crippen LogP contribution in [0, 0.1) is 0 Å². The lowest BCUT2D eigenvalue weighted by atomic mass is 10.0. The van der Waals surface area contributed by atoms with Crippen molar-refractivity contribution < 1.29 is 20.4 Å². The average molecular weight is 334 g/mol. The standard InChI is InChI=1S/C18H39NO4/c1-2-3-4-5-6-7-8-9-10-11-12-13-14-15-16(20)17(19)18(21,22)23/h16-17,20-23H,2-15,19H2,1H3/t16-,17+/m1/s1. The fourth-order valence-electron chi connectivity index (χ4n) is 2.81. The summed E-state index contributed by atoms with van der Waals surface area (Å²) in [5.41, 5.74) is 5.34. The molecule has 0 aromatic rings. The van der Waals surface area contributed by atoms with Crippen molar-refractivity contribution >= 4 is 0 Å². The van der Waals surface area contributed by atoms with Gasteiger partial charge in [0.1, 0.15) is 6.04 Å². The predicted molar refractivity (Wildman–Crippen MR) is 93.7 cm³/mol. The monoisotopic (exact) mass is 333 g/mol. The first-order valence-electron chi connectivity index (χ1n) is 9.50. The lowest BCUT2D eigenvalue weighted by molar-refractivity contribution is -0.331. The highest BCUT2D eigenvalue weighted by Crippen LogP contribution is 2.15. The van der Waals surface area contributed by atoms with Gasteiger partial charge < -0.3 is 26.2 Å². The van der Waals surface area contributed by atoms with E-state index in [4.69, 9.17) is 21.1 Å². The van der Waals surface area contributed by atoms with Crippen molar-refractivity contribution in [1.82, 2.24) is 0 Å². The van der Waals surface area contributed by atoms with Crippen LogP contribution in [0.4, 0.5) is 0 Å². The van der Waals surface area contributed by atoms with E-state index in [-0.39, 0.29) is 0 Å². The highest BCUT2D eigenvalue weighted by Gasteiger charge is 2.34. The maximum absolute atomic E-state index is 9.63. The molecule has 0 saturated heterocycles. The van der Waals surface area contributed by atoms with Crippen LogP contribution in [0.25, 0.3) is 0 Å². The molecule has 0 radical (unpaired) electrons. The van der Waals surface area contributed by atoms with Crippen LogP contribution in [0.2, 0.25) is 0 Å². The second-order valence-electron chi connectivity index (χ2n) is 6.81. The van der Waals surface area contributed by atoms with Gasteiger partial charge in [-0.2, -0.15) is 0 Å². The maximum atomic E-state index is 9.63. The van der Waals surface area contributed by atoms with Crippen LogP contribution in [0.1, 0.15) is 96.8 Å². The van der Waals surface area contributed by atoms with Crippen LogP contribution in [0.3, 0.4) is 0 Å². The Kier molecular flexibility index (Phi) is 14.0. The summed E-state index contributed by atoms with van der Waals surface area (Å²) in [6, 6.07) is -1.44. The van der Waals surface area contributed by atoms with E-state index >= 15 is 0 Å². The van der Waals surface area contributed by atoms with Crippen LogP contribution in [0.15, 0.2) is 0 Å². The molecule has 0 saturated carbocycles. The number of unbranched alkanes of at least 4 members (excludes halogenated alkanes) is 12. The molecule has 5 heteroatoms. The molecule has 0 aliphatic carbocycles. The zero-order valence-corrected chi connectivity index (χ0v) is 14.9. The highest BCUT2D eigenvalue weighted by molar-refractivity contribution is 4.77. The fraction of sp³-hybridized carbons (Fsp3) is 1.00. The van der Waals surface area contributed by atoms with Crippen LogP contribution >= 0.6 is 0 Å².